The first-order valence-corrected chi connectivity index (χ1v) is 8.80. The van der Waals surface area contributed by atoms with Gasteiger partial charge in [0, 0.05) is 25.1 Å². The fourth-order valence-electron chi connectivity index (χ4n) is 2.94. The number of nitro groups is 1. The maximum atomic E-state index is 12.5. The van der Waals surface area contributed by atoms with Gasteiger partial charge in [0.05, 0.1) is 21.2 Å². The largest absolute Gasteiger partial charge is 0.454 e. The number of hydrogen-bond acceptors (Lipinski definition) is 5. The average Bonchev–Trinajstić information content (AvgIpc) is 3.07. The first-order valence-electron chi connectivity index (χ1n) is 8.42. The zero-order chi connectivity index (χ0) is 19.6. The summed E-state index contributed by atoms with van der Waals surface area (Å²) in [5.74, 6) is -0.633. The molecule has 0 bridgehead atoms. The Morgan fingerprint density at radius 3 is 2.74 bits per heavy atom. The van der Waals surface area contributed by atoms with Crippen LogP contribution in [0.15, 0.2) is 42.5 Å². The summed E-state index contributed by atoms with van der Waals surface area (Å²) in [4.78, 5) is 36.4. The van der Waals surface area contributed by atoms with Crippen LogP contribution in [0, 0.1) is 10.1 Å². The Bertz CT molecular complexity index is 915. The number of non-ortho nitro benzene ring substituents is 1. The van der Waals surface area contributed by atoms with Crippen LogP contribution in [0.3, 0.4) is 0 Å². The topological polar surface area (TPSA) is 89.8 Å². The Kier molecular flexibility index (Phi) is 5.41. The second-order valence-corrected chi connectivity index (χ2v) is 6.62. The lowest BCUT2D eigenvalue weighted by Gasteiger charge is -2.19. The number of halogens is 1. The number of benzene rings is 2. The predicted octanol–water partition coefficient (Wildman–Crippen LogP) is 4.29. The number of esters is 1. The molecule has 2 aromatic rings. The molecule has 1 aliphatic heterocycles. The lowest BCUT2D eigenvalue weighted by molar-refractivity contribution is -0.385. The van der Waals surface area contributed by atoms with Crippen molar-refractivity contribution in [3.05, 3.63) is 68.7 Å². The quantitative estimate of drug-likeness (QED) is 0.433. The molecule has 2 aromatic carbocycles. The fourth-order valence-corrected chi connectivity index (χ4v) is 3.16. The number of anilines is 1. The van der Waals surface area contributed by atoms with Crippen molar-refractivity contribution in [1.29, 1.82) is 0 Å². The lowest BCUT2D eigenvalue weighted by Crippen LogP contribution is -2.24. The van der Waals surface area contributed by atoms with E-state index in [1.54, 1.807) is 24.0 Å². The summed E-state index contributed by atoms with van der Waals surface area (Å²) in [5.41, 5.74) is 1.18. The molecule has 1 aliphatic rings. The van der Waals surface area contributed by atoms with Gasteiger partial charge in [0.25, 0.3) is 5.69 Å². The molecule has 1 fully saturated rings. The van der Waals surface area contributed by atoms with E-state index in [0.29, 0.717) is 29.2 Å². The molecule has 1 atom stereocenters. The van der Waals surface area contributed by atoms with Crippen molar-refractivity contribution >= 4 is 34.9 Å². The Balaban J connectivity index is 1.79. The number of nitrogens with zero attached hydrogens (tertiary/aromatic N) is 2. The van der Waals surface area contributed by atoms with E-state index in [4.69, 9.17) is 16.3 Å². The Morgan fingerprint density at radius 1 is 1.30 bits per heavy atom. The van der Waals surface area contributed by atoms with Crippen molar-refractivity contribution in [1.82, 2.24) is 0 Å². The Hall–Kier alpha value is -2.93. The zero-order valence-corrected chi connectivity index (χ0v) is 15.3. The molecular weight excluding hydrogens is 372 g/mol. The van der Waals surface area contributed by atoms with Gasteiger partial charge in [-0.1, -0.05) is 23.7 Å². The first kappa shape index (κ1) is 18.8. The third kappa shape index (κ3) is 4.09. The minimum atomic E-state index is -0.676. The summed E-state index contributed by atoms with van der Waals surface area (Å²) >= 11 is 6.19. The number of nitro benzene ring substituents is 1. The van der Waals surface area contributed by atoms with Crippen LogP contribution in [0.1, 0.15) is 41.8 Å². The highest BCUT2D eigenvalue weighted by atomic mass is 35.5. The van der Waals surface area contributed by atoms with E-state index in [-0.39, 0.29) is 17.2 Å². The summed E-state index contributed by atoms with van der Waals surface area (Å²) in [6.45, 7) is 2.19. The van der Waals surface area contributed by atoms with Crippen molar-refractivity contribution in [2.24, 2.45) is 0 Å². The second kappa shape index (κ2) is 7.75. The minimum absolute atomic E-state index is 0.0348. The van der Waals surface area contributed by atoms with Gasteiger partial charge in [-0.25, -0.2) is 4.79 Å². The molecule has 3 rings (SSSR count). The number of carbonyl (C=O) groups is 2. The van der Waals surface area contributed by atoms with Crippen LogP contribution in [0.25, 0.3) is 0 Å². The van der Waals surface area contributed by atoms with Gasteiger partial charge < -0.3 is 9.64 Å². The van der Waals surface area contributed by atoms with Crippen LogP contribution in [-0.4, -0.2) is 23.3 Å². The molecule has 0 radical (unpaired) electrons. The van der Waals surface area contributed by atoms with Gasteiger partial charge >= 0.3 is 5.97 Å². The van der Waals surface area contributed by atoms with Gasteiger partial charge in [-0.3, -0.25) is 14.9 Å². The van der Waals surface area contributed by atoms with Crippen molar-refractivity contribution in [3.63, 3.8) is 0 Å². The highest BCUT2D eigenvalue weighted by Crippen LogP contribution is 2.31. The van der Waals surface area contributed by atoms with E-state index in [1.165, 1.54) is 30.3 Å². The Labute approximate surface area is 160 Å². The van der Waals surface area contributed by atoms with Crippen LogP contribution in [0.2, 0.25) is 5.02 Å². The lowest BCUT2D eigenvalue weighted by atomic mass is 10.1. The standard InChI is InChI=1S/C19H17ClN2O5/c1-12(13-4-2-5-15(10-13)22(25)26)27-19(24)14-7-8-16(20)17(11-14)21-9-3-6-18(21)23/h2,4-5,7-8,10-12H,3,6,9H2,1H3. The monoisotopic (exact) mass is 388 g/mol. The van der Waals surface area contributed by atoms with E-state index in [2.05, 4.69) is 0 Å². The fraction of sp³-hybridized carbons (Fsp3) is 0.263. The first-order chi connectivity index (χ1) is 12.9. The molecule has 8 heteroatoms. The highest BCUT2D eigenvalue weighted by molar-refractivity contribution is 6.34. The second-order valence-electron chi connectivity index (χ2n) is 6.21. The van der Waals surface area contributed by atoms with Crippen LogP contribution in [0.4, 0.5) is 11.4 Å². The van der Waals surface area contributed by atoms with E-state index in [1.807, 2.05) is 0 Å². The highest BCUT2D eigenvalue weighted by Gasteiger charge is 2.25. The molecule has 7 nitrogen and oxygen atoms in total. The molecule has 0 aromatic heterocycles. The van der Waals surface area contributed by atoms with Gasteiger partial charge in [-0.2, -0.15) is 0 Å². The molecule has 0 spiro atoms. The molecule has 1 amide bonds. The van der Waals surface area contributed by atoms with Crippen molar-refractivity contribution < 1.29 is 19.2 Å². The average molecular weight is 389 g/mol. The summed E-state index contributed by atoms with van der Waals surface area (Å²) in [6, 6.07) is 10.5. The zero-order valence-electron chi connectivity index (χ0n) is 14.6. The summed E-state index contributed by atoms with van der Waals surface area (Å²) in [6.07, 6.45) is 0.521. The van der Waals surface area contributed by atoms with E-state index in [0.717, 1.165) is 6.42 Å². The van der Waals surface area contributed by atoms with Crippen LogP contribution >= 0.6 is 11.6 Å². The third-order valence-corrected chi connectivity index (χ3v) is 4.70. The summed E-state index contributed by atoms with van der Waals surface area (Å²) in [5, 5.41) is 11.3. The molecule has 1 heterocycles. The maximum absolute atomic E-state index is 12.5. The van der Waals surface area contributed by atoms with Gasteiger partial charge in [-0.15, -0.1) is 0 Å². The minimum Gasteiger partial charge on any atom is -0.454 e. The summed E-state index contributed by atoms with van der Waals surface area (Å²) < 4.78 is 5.43. The molecule has 0 aliphatic carbocycles. The molecule has 0 N–H and O–H groups in total. The maximum Gasteiger partial charge on any atom is 0.338 e. The molecule has 27 heavy (non-hydrogen) atoms. The van der Waals surface area contributed by atoms with E-state index >= 15 is 0 Å². The van der Waals surface area contributed by atoms with Crippen LogP contribution in [-0.2, 0) is 9.53 Å². The summed E-state index contributed by atoms with van der Waals surface area (Å²) in [7, 11) is 0. The smallest absolute Gasteiger partial charge is 0.338 e. The molecular formula is C19H17ClN2O5. The van der Waals surface area contributed by atoms with E-state index < -0.39 is 17.0 Å². The normalized spacial score (nSPS) is 14.9. The number of carbonyl (C=O) groups excluding carboxylic acids is 2. The van der Waals surface area contributed by atoms with Gasteiger partial charge in [0.1, 0.15) is 6.10 Å². The third-order valence-electron chi connectivity index (χ3n) is 4.38. The van der Waals surface area contributed by atoms with Gasteiger partial charge in [0.2, 0.25) is 5.91 Å². The molecule has 1 saturated heterocycles. The van der Waals surface area contributed by atoms with Gasteiger partial charge in [-0.05, 0) is 37.1 Å². The predicted molar refractivity (Wildman–Crippen MR) is 100.0 cm³/mol. The SMILES string of the molecule is CC(OC(=O)c1ccc(Cl)c(N2CCCC2=O)c1)c1cccc([N+](=O)[O-])c1. The number of rotatable bonds is 5. The number of ether oxygens (including phenoxy) is 1. The molecule has 0 saturated carbocycles. The number of hydrogen-bond donors (Lipinski definition) is 0. The van der Waals surface area contributed by atoms with Crippen LogP contribution < -0.4 is 4.90 Å². The van der Waals surface area contributed by atoms with Gasteiger partial charge in [0.15, 0.2) is 0 Å². The van der Waals surface area contributed by atoms with Crippen molar-refractivity contribution in [2.45, 2.75) is 25.9 Å². The van der Waals surface area contributed by atoms with E-state index in [9.17, 15) is 19.7 Å². The number of amides is 1. The van der Waals surface area contributed by atoms with Crippen molar-refractivity contribution in [2.75, 3.05) is 11.4 Å². The van der Waals surface area contributed by atoms with Crippen molar-refractivity contribution in [3.8, 4) is 0 Å². The molecule has 140 valence electrons. The molecule has 1 unspecified atom stereocenters. The Morgan fingerprint density at radius 2 is 2.07 bits per heavy atom. The van der Waals surface area contributed by atoms with Crippen LogP contribution in [0.5, 0.6) is 0 Å².